The van der Waals surface area contributed by atoms with E-state index in [-0.39, 0.29) is 18.0 Å². The molecule has 1 N–H and O–H groups in total. The van der Waals surface area contributed by atoms with Crippen LogP contribution in [0.2, 0.25) is 0 Å². The predicted molar refractivity (Wildman–Crippen MR) is 118 cm³/mol. The fraction of sp³-hybridized carbons (Fsp3) is 0.125. The van der Waals surface area contributed by atoms with Crippen LogP contribution in [0.4, 0.5) is 0 Å². The fourth-order valence-electron chi connectivity index (χ4n) is 3.32. The summed E-state index contributed by atoms with van der Waals surface area (Å²) in [7, 11) is 3.13. The number of para-hydroxylation sites is 1. The van der Waals surface area contributed by atoms with Gasteiger partial charge in [0.2, 0.25) is 0 Å². The van der Waals surface area contributed by atoms with Crippen molar-refractivity contribution in [2.45, 2.75) is 6.54 Å². The number of methoxy groups -OCH3 is 2. The van der Waals surface area contributed by atoms with Gasteiger partial charge in [-0.2, -0.15) is 0 Å². The van der Waals surface area contributed by atoms with Gasteiger partial charge in [-0.15, -0.1) is 0 Å². The van der Waals surface area contributed by atoms with Crippen molar-refractivity contribution in [2.24, 2.45) is 0 Å². The Bertz CT molecular complexity index is 1300. The average molecular weight is 415 g/mol. The van der Waals surface area contributed by atoms with E-state index in [0.29, 0.717) is 39.5 Å². The Kier molecular flexibility index (Phi) is 5.66. The first-order valence-corrected chi connectivity index (χ1v) is 9.68. The zero-order chi connectivity index (χ0) is 21.8. The number of nitrogens with zero attached hydrogens (tertiary/aromatic N) is 2. The third-order valence-corrected chi connectivity index (χ3v) is 4.91. The lowest BCUT2D eigenvalue weighted by Crippen LogP contribution is -2.30. The van der Waals surface area contributed by atoms with E-state index in [1.54, 1.807) is 80.9 Å². The molecule has 0 atom stereocenters. The van der Waals surface area contributed by atoms with Gasteiger partial charge in [-0.05, 0) is 54.6 Å². The zero-order valence-corrected chi connectivity index (χ0v) is 17.2. The highest BCUT2D eigenvalue weighted by atomic mass is 16.5. The minimum Gasteiger partial charge on any atom is -0.497 e. The topological polar surface area (TPSA) is 82.4 Å². The molecule has 156 valence electrons. The van der Waals surface area contributed by atoms with Gasteiger partial charge in [-0.1, -0.05) is 18.2 Å². The molecule has 7 nitrogen and oxygen atoms in total. The van der Waals surface area contributed by atoms with Crippen LogP contribution in [0.25, 0.3) is 16.6 Å². The number of hydrogen-bond acceptors (Lipinski definition) is 5. The molecule has 0 spiro atoms. The van der Waals surface area contributed by atoms with Gasteiger partial charge in [0, 0.05) is 5.56 Å². The summed E-state index contributed by atoms with van der Waals surface area (Å²) >= 11 is 0. The van der Waals surface area contributed by atoms with Crippen LogP contribution in [0.1, 0.15) is 16.2 Å². The summed E-state index contributed by atoms with van der Waals surface area (Å²) in [6, 6.07) is 21.1. The number of benzene rings is 3. The van der Waals surface area contributed by atoms with Gasteiger partial charge >= 0.3 is 0 Å². The lowest BCUT2D eigenvalue weighted by atomic mass is 10.2. The Hall–Kier alpha value is -4.13. The highest BCUT2D eigenvalue weighted by molar-refractivity contribution is 5.94. The SMILES string of the molecule is COc1ccc(-n2c(CNC(=O)c3cccc(OC)c3)nc3ccccc3c2=O)cc1. The standard InChI is InChI=1S/C24H21N3O4/c1-30-18-12-10-17(11-13-18)27-22(26-21-9-4-3-8-20(21)24(27)29)15-25-23(28)16-6-5-7-19(14-16)31-2/h3-14H,15H2,1-2H3,(H,25,28). The summed E-state index contributed by atoms with van der Waals surface area (Å²) in [5.41, 5.74) is 1.46. The average Bonchev–Trinajstić information content (AvgIpc) is 2.83. The highest BCUT2D eigenvalue weighted by Crippen LogP contribution is 2.17. The van der Waals surface area contributed by atoms with E-state index >= 15 is 0 Å². The molecule has 0 fully saturated rings. The minimum atomic E-state index is -0.289. The first-order valence-electron chi connectivity index (χ1n) is 9.68. The van der Waals surface area contributed by atoms with Crippen LogP contribution in [0.5, 0.6) is 11.5 Å². The van der Waals surface area contributed by atoms with Crippen LogP contribution in [0.3, 0.4) is 0 Å². The number of ether oxygens (including phenoxy) is 2. The zero-order valence-electron chi connectivity index (χ0n) is 17.2. The lowest BCUT2D eigenvalue weighted by Gasteiger charge is -2.15. The first-order chi connectivity index (χ1) is 15.1. The molecule has 0 saturated heterocycles. The Balaban J connectivity index is 1.73. The second kappa shape index (κ2) is 8.71. The number of carbonyl (C=O) groups excluding carboxylic acids is 1. The number of rotatable bonds is 6. The number of aromatic nitrogens is 2. The molecule has 4 rings (SSSR count). The number of nitrogens with one attached hydrogen (secondary N) is 1. The maximum Gasteiger partial charge on any atom is 0.266 e. The number of fused-ring (bicyclic) bond motifs is 1. The summed E-state index contributed by atoms with van der Waals surface area (Å²) in [6.45, 7) is 0.0716. The molecule has 31 heavy (non-hydrogen) atoms. The van der Waals surface area contributed by atoms with Gasteiger partial charge in [-0.25, -0.2) is 4.98 Å². The van der Waals surface area contributed by atoms with Crippen molar-refractivity contribution in [1.82, 2.24) is 14.9 Å². The maximum atomic E-state index is 13.3. The van der Waals surface area contributed by atoms with Gasteiger partial charge in [0.15, 0.2) is 0 Å². The van der Waals surface area contributed by atoms with E-state index in [2.05, 4.69) is 10.3 Å². The lowest BCUT2D eigenvalue weighted by molar-refractivity contribution is 0.0949. The van der Waals surface area contributed by atoms with E-state index in [1.165, 1.54) is 4.57 Å². The normalized spacial score (nSPS) is 10.6. The van der Waals surface area contributed by atoms with Crippen LogP contribution in [0.15, 0.2) is 77.6 Å². The van der Waals surface area contributed by atoms with E-state index in [9.17, 15) is 9.59 Å². The van der Waals surface area contributed by atoms with Crippen LogP contribution in [0, 0.1) is 0 Å². The van der Waals surface area contributed by atoms with Crippen molar-refractivity contribution in [2.75, 3.05) is 14.2 Å². The van der Waals surface area contributed by atoms with Crippen LogP contribution in [-0.4, -0.2) is 29.7 Å². The van der Waals surface area contributed by atoms with Gasteiger partial charge in [0.1, 0.15) is 17.3 Å². The molecule has 0 radical (unpaired) electrons. The molecule has 7 heteroatoms. The van der Waals surface area contributed by atoms with Gasteiger partial charge < -0.3 is 14.8 Å². The monoisotopic (exact) mass is 415 g/mol. The largest absolute Gasteiger partial charge is 0.497 e. The summed E-state index contributed by atoms with van der Waals surface area (Å²) in [5.74, 6) is 1.40. The molecule has 0 unspecified atom stereocenters. The highest BCUT2D eigenvalue weighted by Gasteiger charge is 2.14. The maximum absolute atomic E-state index is 13.3. The van der Waals surface area contributed by atoms with Crippen LogP contribution >= 0.6 is 0 Å². The Morgan fingerprint density at radius 3 is 2.42 bits per heavy atom. The summed E-state index contributed by atoms with van der Waals surface area (Å²) in [4.78, 5) is 30.6. The summed E-state index contributed by atoms with van der Waals surface area (Å²) < 4.78 is 11.9. The Morgan fingerprint density at radius 2 is 1.68 bits per heavy atom. The molecule has 0 bridgehead atoms. The molecule has 0 aliphatic rings. The van der Waals surface area contributed by atoms with Crippen molar-refractivity contribution in [3.05, 3.63) is 94.5 Å². The van der Waals surface area contributed by atoms with E-state index in [4.69, 9.17) is 9.47 Å². The molecule has 3 aromatic carbocycles. The minimum absolute atomic E-state index is 0.0716. The second-order valence-corrected chi connectivity index (χ2v) is 6.80. The molecule has 1 aromatic heterocycles. The molecule has 4 aromatic rings. The number of hydrogen-bond donors (Lipinski definition) is 1. The third-order valence-electron chi connectivity index (χ3n) is 4.91. The number of amides is 1. The molecule has 1 amide bonds. The molecular formula is C24H21N3O4. The molecule has 0 aliphatic carbocycles. The van der Waals surface area contributed by atoms with Crippen molar-refractivity contribution in [1.29, 1.82) is 0 Å². The summed E-state index contributed by atoms with van der Waals surface area (Å²) in [6.07, 6.45) is 0. The molecular weight excluding hydrogens is 394 g/mol. The number of carbonyl (C=O) groups is 1. The van der Waals surface area contributed by atoms with Gasteiger partial charge in [-0.3, -0.25) is 14.2 Å². The van der Waals surface area contributed by atoms with Gasteiger partial charge in [0.25, 0.3) is 11.5 Å². The van der Waals surface area contributed by atoms with Crippen molar-refractivity contribution in [3.8, 4) is 17.2 Å². The Morgan fingerprint density at radius 1 is 0.935 bits per heavy atom. The van der Waals surface area contributed by atoms with E-state index in [0.717, 1.165) is 0 Å². The predicted octanol–water partition coefficient (Wildman–Crippen LogP) is 3.33. The van der Waals surface area contributed by atoms with Crippen molar-refractivity contribution >= 4 is 16.8 Å². The quantitative estimate of drug-likeness (QED) is 0.522. The van der Waals surface area contributed by atoms with E-state index in [1.807, 2.05) is 6.07 Å². The molecule has 0 saturated carbocycles. The Labute approximate surface area is 178 Å². The van der Waals surface area contributed by atoms with Crippen LogP contribution < -0.4 is 20.3 Å². The van der Waals surface area contributed by atoms with Crippen LogP contribution in [-0.2, 0) is 6.54 Å². The molecule has 0 aliphatic heterocycles. The van der Waals surface area contributed by atoms with Gasteiger partial charge in [0.05, 0.1) is 37.4 Å². The summed E-state index contributed by atoms with van der Waals surface area (Å²) in [5, 5.41) is 3.35. The smallest absolute Gasteiger partial charge is 0.266 e. The van der Waals surface area contributed by atoms with E-state index < -0.39 is 0 Å². The fourth-order valence-corrected chi connectivity index (χ4v) is 3.32. The first kappa shape index (κ1) is 20.2. The third kappa shape index (κ3) is 4.11. The van der Waals surface area contributed by atoms with Crippen molar-refractivity contribution < 1.29 is 14.3 Å². The van der Waals surface area contributed by atoms with Crippen molar-refractivity contribution in [3.63, 3.8) is 0 Å². The second-order valence-electron chi connectivity index (χ2n) is 6.80. The molecule has 1 heterocycles.